The fourth-order valence-electron chi connectivity index (χ4n) is 2.29. The van der Waals surface area contributed by atoms with Crippen LogP contribution in [0.25, 0.3) is 0 Å². The van der Waals surface area contributed by atoms with Crippen molar-refractivity contribution in [2.45, 2.75) is 19.4 Å². The Hall–Kier alpha value is -1.33. The average molecular weight is 238 g/mol. The van der Waals surface area contributed by atoms with Crippen LogP contribution in [0.3, 0.4) is 0 Å². The lowest BCUT2D eigenvalue weighted by molar-refractivity contribution is 0.0657. The lowest BCUT2D eigenvalue weighted by Gasteiger charge is -2.31. The van der Waals surface area contributed by atoms with Crippen molar-refractivity contribution in [1.29, 1.82) is 0 Å². The van der Waals surface area contributed by atoms with E-state index >= 15 is 0 Å². The van der Waals surface area contributed by atoms with E-state index in [2.05, 4.69) is 4.90 Å². The van der Waals surface area contributed by atoms with Crippen LogP contribution in [0.15, 0.2) is 16.5 Å². The first-order chi connectivity index (χ1) is 8.19. The Morgan fingerprint density at radius 2 is 2.41 bits per heavy atom. The van der Waals surface area contributed by atoms with E-state index in [-0.39, 0.29) is 5.76 Å². The number of aromatic carboxylic acids is 1. The fourth-order valence-corrected chi connectivity index (χ4v) is 2.29. The van der Waals surface area contributed by atoms with Crippen molar-refractivity contribution in [1.82, 2.24) is 4.90 Å². The highest BCUT2D eigenvalue weighted by atomic mass is 16.4. The van der Waals surface area contributed by atoms with E-state index in [9.17, 15) is 4.79 Å². The van der Waals surface area contributed by atoms with E-state index in [1.165, 1.54) is 12.5 Å². The summed E-state index contributed by atoms with van der Waals surface area (Å²) >= 11 is 0. The molecule has 94 valence electrons. The Balaban J connectivity index is 1.93. The van der Waals surface area contributed by atoms with E-state index < -0.39 is 5.97 Å². The molecule has 0 spiro atoms. The van der Waals surface area contributed by atoms with Crippen molar-refractivity contribution in [2.24, 2.45) is 11.7 Å². The molecule has 1 atom stereocenters. The highest BCUT2D eigenvalue weighted by Gasteiger charge is 2.20. The van der Waals surface area contributed by atoms with Gasteiger partial charge in [-0.15, -0.1) is 0 Å². The third kappa shape index (κ3) is 3.08. The first kappa shape index (κ1) is 12.1. The number of likely N-dealkylation sites (tertiary alicyclic amines) is 1. The normalized spacial score (nSPS) is 21.6. The zero-order valence-electron chi connectivity index (χ0n) is 9.76. The summed E-state index contributed by atoms with van der Waals surface area (Å²) in [6.45, 7) is 3.39. The maximum atomic E-state index is 10.7. The van der Waals surface area contributed by atoms with Gasteiger partial charge in [0, 0.05) is 6.54 Å². The molecule has 0 bridgehead atoms. The number of piperidine rings is 1. The Morgan fingerprint density at radius 1 is 1.59 bits per heavy atom. The van der Waals surface area contributed by atoms with Gasteiger partial charge < -0.3 is 15.3 Å². The predicted octanol–water partition coefficient (Wildman–Crippen LogP) is 1.15. The molecule has 2 heterocycles. The quantitative estimate of drug-likeness (QED) is 0.822. The van der Waals surface area contributed by atoms with Crippen molar-refractivity contribution in [2.75, 3.05) is 19.6 Å². The summed E-state index contributed by atoms with van der Waals surface area (Å²) in [4.78, 5) is 13.0. The second-order valence-corrected chi connectivity index (χ2v) is 4.55. The van der Waals surface area contributed by atoms with Gasteiger partial charge in [-0.1, -0.05) is 0 Å². The van der Waals surface area contributed by atoms with E-state index in [1.807, 2.05) is 0 Å². The van der Waals surface area contributed by atoms with E-state index in [0.717, 1.165) is 26.1 Å². The fraction of sp³-hybridized carbons (Fsp3) is 0.583. The number of carboxylic acid groups (broad SMARTS) is 1. The van der Waals surface area contributed by atoms with Crippen LogP contribution < -0.4 is 5.73 Å². The van der Waals surface area contributed by atoms with Crippen molar-refractivity contribution in [3.63, 3.8) is 0 Å². The van der Waals surface area contributed by atoms with Gasteiger partial charge in [0.15, 0.2) is 0 Å². The Labute approximate surface area is 100 Å². The van der Waals surface area contributed by atoms with Gasteiger partial charge in [-0.3, -0.25) is 4.90 Å². The molecule has 1 unspecified atom stereocenters. The minimum atomic E-state index is -1.02. The molecule has 5 heteroatoms. The van der Waals surface area contributed by atoms with Crippen LogP contribution >= 0.6 is 0 Å². The molecule has 0 aliphatic carbocycles. The molecule has 3 N–H and O–H groups in total. The van der Waals surface area contributed by atoms with E-state index in [4.69, 9.17) is 15.3 Å². The van der Waals surface area contributed by atoms with Gasteiger partial charge in [-0.25, -0.2) is 4.79 Å². The molecule has 1 aromatic heterocycles. The average Bonchev–Trinajstić information content (AvgIpc) is 2.78. The summed E-state index contributed by atoms with van der Waals surface area (Å²) in [5, 5.41) is 8.76. The lowest BCUT2D eigenvalue weighted by Crippen LogP contribution is -2.37. The van der Waals surface area contributed by atoms with Crippen LogP contribution in [-0.2, 0) is 6.54 Å². The van der Waals surface area contributed by atoms with Gasteiger partial charge >= 0.3 is 5.97 Å². The summed E-state index contributed by atoms with van der Waals surface area (Å²) in [5.74, 6) is 0.250. The molecule has 17 heavy (non-hydrogen) atoms. The third-order valence-electron chi connectivity index (χ3n) is 3.19. The standard InChI is InChI=1S/C12H18N2O3/c13-6-9-2-1-5-14(7-9)8-10-3-4-11(17-10)12(15)16/h3-4,9H,1-2,5-8,13H2,(H,15,16). The Morgan fingerprint density at radius 3 is 3.06 bits per heavy atom. The molecule has 0 amide bonds. The van der Waals surface area contributed by atoms with Crippen LogP contribution in [0.2, 0.25) is 0 Å². The molecular formula is C12H18N2O3. The lowest BCUT2D eigenvalue weighted by atomic mass is 9.98. The number of furan rings is 1. The number of rotatable bonds is 4. The number of nitrogens with two attached hydrogens (primary N) is 1. The van der Waals surface area contributed by atoms with Crippen molar-refractivity contribution in [3.8, 4) is 0 Å². The van der Waals surface area contributed by atoms with Gasteiger partial charge in [0.05, 0.1) is 6.54 Å². The zero-order valence-corrected chi connectivity index (χ0v) is 9.76. The molecule has 0 aromatic carbocycles. The summed E-state index contributed by atoms with van der Waals surface area (Å²) < 4.78 is 5.24. The largest absolute Gasteiger partial charge is 0.475 e. The van der Waals surface area contributed by atoms with Gasteiger partial charge in [0.25, 0.3) is 0 Å². The molecule has 1 aliphatic rings. The summed E-state index contributed by atoms with van der Waals surface area (Å²) in [6, 6.07) is 3.23. The number of hydrogen-bond donors (Lipinski definition) is 2. The van der Waals surface area contributed by atoms with Gasteiger partial charge in [-0.2, -0.15) is 0 Å². The first-order valence-electron chi connectivity index (χ1n) is 5.93. The van der Waals surface area contributed by atoms with Gasteiger partial charge in [-0.05, 0) is 44.0 Å². The maximum absolute atomic E-state index is 10.7. The van der Waals surface area contributed by atoms with Crippen LogP contribution in [0.1, 0.15) is 29.2 Å². The Bertz CT molecular complexity index is 389. The molecule has 0 saturated carbocycles. The summed E-state index contributed by atoms with van der Waals surface area (Å²) in [6.07, 6.45) is 2.33. The van der Waals surface area contributed by atoms with Crippen LogP contribution in [-0.4, -0.2) is 35.6 Å². The topological polar surface area (TPSA) is 79.7 Å². The van der Waals surface area contributed by atoms with Crippen molar-refractivity contribution >= 4 is 5.97 Å². The summed E-state index contributed by atoms with van der Waals surface area (Å²) in [5.41, 5.74) is 5.67. The molecule has 1 fully saturated rings. The highest BCUT2D eigenvalue weighted by molar-refractivity contribution is 5.84. The van der Waals surface area contributed by atoms with Crippen LogP contribution in [0.5, 0.6) is 0 Å². The number of hydrogen-bond acceptors (Lipinski definition) is 4. The number of carbonyl (C=O) groups is 1. The Kier molecular flexibility index (Phi) is 3.81. The minimum absolute atomic E-state index is 0.00684. The summed E-state index contributed by atoms with van der Waals surface area (Å²) in [7, 11) is 0. The second-order valence-electron chi connectivity index (χ2n) is 4.55. The maximum Gasteiger partial charge on any atom is 0.371 e. The monoisotopic (exact) mass is 238 g/mol. The molecule has 5 nitrogen and oxygen atoms in total. The highest BCUT2D eigenvalue weighted by Crippen LogP contribution is 2.18. The SMILES string of the molecule is NCC1CCCN(Cc2ccc(C(=O)O)o2)C1. The van der Waals surface area contributed by atoms with Crippen LogP contribution in [0.4, 0.5) is 0 Å². The minimum Gasteiger partial charge on any atom is -0.475 e. The van der Waals surface area contributed by atoms with Crippen LogP contribution in [0, 0.1) is 5.92 Å². The second kappa shape index (κ2) is 5.33. The van der Waals surface area contributed by atoms with E-state index in [0.29, 0.717) is 18.2 Å². The first-order valence-corrected chi connectivity index (χ1v) is 5.93. The van der Waals surface area contributed by atoms with Crippen molar-refractivity contribution < 1.29 is 14.3 Å². The van der Waals surface area contributed by atoms with E-state index in [1.54, 1.807) is 6.07 Å². The third-order valence-corrected chi connectivity index (χ3v) is 3.19. The molecule has 1 aliphatic heterocycles. The molecular weight excluding hydrogens is 220 g/mol. The number of carboxylic acids is 1. The molecule has 0 radical (unpaired) electrons. The van der Waals surface area contributed by atoms with Crippen molar-refractivity contribution in [3.05, 3.63) is 23.7 Å². The molecule has 2 rings (SSSR count). The number of nitrogens with zero attached hydrogens (tertiary/aromatic N) is 1. The van der Waals surface area contributed by atoms with Gasteiger partial charge in [0.1, 0.15) is 5.76 Å². The predicted molar refractivity (Wildman–Crippen MR) is 62.7 cm³/mol. The molecule has 1 saturated heterocycles. The zero-order chi connectivity index (χ0) is 12.3. The van der Waals surface area contributed by atoms with Gasteiger partial charge in [0.2, 0.25) is 5.76 Å². The molecule has 1 aromatic rings. The smallest absolute Gasteiger partial charge is 0.371 e.